The number of hydrogen-bond acceptors (Lipinski definition) is 6. The molecule has 1 N–H and O–H groups in total. The van der Waals surface area contributed by atoms with Crippen LogP contribution in [0.3, 0.4) is 0 Å². The molecule has 0 aliphatic carbocycles. The third kappa shape index (κ3) is 3.25. The number of carbonyl (C=O) groups is 4. The summed E-state index contributed by atoms with van der Waals surface area (Å²) in [6, 6.07) is 5.84. The Balaban J connectivity index is 1.76. The molecule has 2 aliphatic heterocycles. The van der Waals surface area contributed by atoms with Crippen molar-refractivity contribution in [2.45, 2.75) is 19.4 Å². The van der Waals surface area contributed by atoms with Gasteiger partial charge in [0.15, 0.2) is 0 Å². The van der Waals surface area contributed by atoms with Crippen LogP contribution in [0.15, 0.2) is 24.3 Å². The van der Waals surface area contributed by atoms with E-state index < -0.39 is 12.0 Å². The molecule has 0 spiro atoms. The second-order valence-electron chi connectivity index (χ2n) is 5.85. The number of piperazine rings is 1. The number of amides is 3. The molecule has 1 atom stereocenters. The lowest BCUT2D eigenvalue weighted by molar-refractivity contribution is -0.148. The van der Waals surface area contributed by atoms with Crippen molar-refractivity contribution in [3.05, 3.63) is 35.4 Å². The Kier molecular flexibility index (Phi) is 4.80. The maximum absolute atomic E-state index is 12.5. The van der Waals surface area contributed by atoms with E-state index in [0.717, 1.165) is 4.90 Å². The van der Waals surface area contributed by atoms with E-state index in [1.54, 1.807) is 36.1 Å². The maximum atomic E-state index is 12.5. The van der Waals surface area contributed by atoms with Crippen LogP contribution in [0.25, 0.3) is 0 Å². The quantitative estimate of drug-likeness (QED) is 0.596. The first-order chi connectivity index (χ1) is 12.0. The van der Waals surface area contributed by atoms with Crippen LogP contribution in [0, 0.1) is 0 Å². The SMILES string of the molecule is CCOC(=O)CC1C(=O)NCCN1CN1C(=O)c2ccccc2C1=O. The zero-order chi connectivity index (χ0) is 18.0. The number of imide groups is 1. The molecule has 0 saturated carbocycles. The average Bonchev–Trinajstić information content (AvgIpc) is 2.83. The van der Waals surface area contributed by atoms with Gasteiger partial charge in [-0.25, -0.2) is 0 Å². The van der Waals surface area contributed by atoms with Gasteiger partial charge in [0.05, 0.1) is 30.8 Å². The zero-order valence-corrected chi connectivity index (χ0v) is 13.9. The van der Waals surface area contributed by atoms with Gasteiger partial charge in [-0.1, -0.05) is 12.1 Å². The van der Waals surface area contributed by atoms with Gasteiger partial charge in [0.1, 0.15) is 6.04 Å². The molecule has 25 heavy (non-hydrogen) atoms. The number of hydrogen-bond donors (Lipinski definition) is 1. The van der Waals surface area contributed by atoms with Crippen molar-refractivity contribution >= 4 is 23.7 Å². The van der Waals surface area contributed by atoms with Gasteiger partial charge in [0, 0.05) is 13.1 Å². The van der Waals surface area contributed by atoms with Gasteiger partial charge in [-0.05, 0) is 19.1 Å². The Morgan fingerprint density at radius 3 is 2.44 bits per heavy atom. The van der Waals surface area contributed by atoms with E-state index >= 15 is 0 Å². The Bertz CT molecular complexity index is 698. The summed E-state index contributed by atoms with van der Waals surface area (Å²) in [4.78, 5) is 51.7. The third-order valence-corrected chi connectivity index (χ3v) is 4.31. The lowest BCUT2D eigenvalue weighted by Crippen LogP contribution is -2.59. The van der Waals surface area contributed by atoms with Crippen LogP contribution in [0.2, 0.25) is 0 Å². The molecular weight excluding hydrogens is 326 g/mol. The van der Waals surface area contributed by atoms with Gasteiger partial charge >= 0.3 is 5.97 Å². The minimum Gasteiger partial charge on any atom is -0.466 e. The van der Waals surface area contributed by atoms with Gasteiger partial charge in [-0.3, -0.25) is 29.0 Å². The Hall–Kier alpha value is -2.74. The molecular formula is C17H19N3O5. The molecule has 8 nitrogen and oxygen atoms in total. The lowest BCUT2D eigenvalue weighted by Gasteiger charge is -2.36. The van der Waals surface area contributed by atoms with Gasteiger partial charge in [-0.15, -0.1) is 0 Å². The van der Waals surface area contributed by atoms with Gasteiger partial charge in [0.2, 0.25) is 5.91 Å². The minimum atomic E-state index is -0.767. The summed E-state index contributed by atoms with van der Waals surface area (Å²) in [6.07, 6.45) is -0.122. The summed E-state index contributed by atoms with van der Waals surface area (Å²) in [5.74, 6) is -1.57. The molecule has 3 rings (SSSR count). The van der Waals surface area contributed by atoms with Crippen LogP contribution in [0.5, 0.6) is 0 Å². The predicted molar refractivity (Wildman–Crippen MR) is 86.6 cm³/mol. The summed E-state index contributed by atoms with van der Waals surface area (Å²) < 4.78 is 4.91. The normalized spacial score (nSPS) is 20.4. The predicted octanol–water partition coefficient (Wildman–Crippen LogP) is -0.00630. The van der Waals surface area contributed by atoms with E-state index in [1.165, 1.54) is 0 Å². The van der Waals surface area contributed by atoms with Crippen LogP contribution in [0.1, 0.15) is 34.1 Å². The van der Waals surface area contributed by atoms with Crippen LogP contribution in [-0.4, -0.2) is 65.9 Å². The average molecular weight is 345 g/mol. The molecule has 2 heterocycles. The van der Waals surface area contributed by atoms with Crippen molar-refractivity contribution in [3.63, 3.8) is 0 Å². The van der Waals surface area contributed by atoms with Crippen molar-refractivity contribution in [1.82, 2.24) is 15.1 Å². The number of rotatable bonds is 5. The van der Waals surface area contributed by atoms with E-state index in [2.05, 4.69) is 5.32 Å². The molecule has 132 valence electrons. The fourth-order valence-corrected chi connectivity index (χ4v) is 3.08. The van der Waals surface area contributed by atoms with E-state index in [9.17, 15) is 19.2 Å². The largest absolute Gasteiger partial charge is 0.466 e. The molecule has 1 saturated heterocycles. The van der Waals surface area contributed by atoms with Crippen molar-refractivity contribution in [3.8, 4) is 0 Å². The van der Waals surface area contributed by atoms with Crippen molar-refractivity contribution in [2.24, 2.45) is 0 Å². The molecule has 3 amide bonds. The van der Waals surface area contributed by atoms with Crippen molar-refractivity contribution in [1.29, 1.82) is 0 Å². The Morgan fingerprint density at radius 2 is 1.84 bits per heavy atom. The standard InChI is InChI=1S/C17H19N3O5/c1-2-25-14(21)9-13-15(22)18-7-8-19(13)10-20-16(23)11-5-3-4-6-12(11)17(20)24/h3-6,13H,2,7-10H2,1H3,(H,18,22). The molecule has 8 heteroatoms. The molecule has 1 unspecified atom stereocenters. The molecule has 2 aliphatic rings. The number of carbonyl (C=O) groups excluding carboxylic acids is 4. The number of fused-ring (bicyclic) bond motifs is 1. The molecule has 1 aromatic rings. The molecule has 0 aromatic heterocycles. The zero-order valence-electron chi connectivity index (χ0n) is 13.9. The second kappa shape index (κ2) is 7.02. The van der Waals surface area contributed by atoms with E-state index in [4.69, 9.17) is 4.74 Å². The van der Waals surface area contributed by atoms with E-state index in [0.29, 0.717) is 24.2 Å². The van der Waals surface area contributed by atoms with Crippen LogP contribution < -0.4 is 5.32 Å². The fourth-order valence-electron chi connectivity index (χ4n) is 3.08. The smallest absolute Gasteiger partial charge is 0.307 e. The van der Waals surface area contributed by atoms with E-state index in [-0.39, 0.29) is 37.4 Å². The molecule has 0 radical (unpaired) electrons. The third-order valence-electron chi connectivity index (χ3n) is 4.31. The number of ether oxygens (including phenoxy) is 1. The van der Waals surface area contributed by atoms with Gasteiger partial charge in [-0.2, -0.15) is 0 Å². The van der Waals surface area contributed by atoms with Crippen molar-refractivity contribution in [2.75, 3.05) is 26.4 Å². The second-order valence-corrected chi connectivity index (χ2v) is 5.85. The van der Waals surface area contributed by atoms with Gasteiger partial charge in [0.25, 0.3) is 11.8 Å². The highest BCUT2D eigenvalue weighted by Gasteiger charge is 2.39. The summed E-state index contributed by atoms with van der Waals surface area (Å²) in [5, 5.41) is 2.70. The topological polar surface area (TPSA) is 96.0 Å². The number of benzene rings is 1. The molecule has 1 fully saturated rings. The van der Waals surface area contributed by atoms with Crippen molar-refractivity contribution < 1.29 is 23.9 Å². The highest BCUT2D eigenvalue weighted by atomic mass is 16.5. The summed E-state index contributed by atoms with van der Waals surface area (Å²) in [5.41, 5.74) is 0.715. The maximum Gasteiger partial charge on any atom is 0.307 e. The first kappa shape index (κ1) is 17.1. The lowest BCUT2D eigenvalue weighted by atomic mass is 10.1. The summed E-state index contributed by atoms with van der Waals surface area (Å²) in [7, 11) is 0. The van der Waals surface area contributed by atoms with E-state index in [1.807, 2.05) is 0 Å². The first-order valence-corrected chi connectivity index (χ1v) is 8.15. The monoisotopic (exact) mass is 345 g/mol. The fraction of sp³-hybridized carbons (Fsp3) is 0.412. The molecule has 1 aromatic carbocycles. The Labute approximate surface area is 144 Å². The highest BCUT2D eigenvalue weighted by molar-refractivity contribution is 6.21. The summed E-state index contributed by atoms with van der Waals surface area (Å²) >= 11 is 0. The number of nitrogens with zero attached hydrogens (tertiary/aromatic N) is 2. The van der Waals surface area contributed by atoms with Crippen LogP contribution >= 0.6 is 0 Å². The minimum absolute atomic E-state index is 0.0379. The number of esters is 1. The highest BCUT2D eigenvalue weighted by Crippen LogP contribution is 2.23. The molecule has 0 bridgehead atoms. The van der Waals surface area contributed by atoms with Crippen LogP contribution in [-0.2, 0) is 14.3 Å². The summed E-state index contributed by atoms with van der Waals surface area (Å²) in [6.45, 7) is 2.70. The van der Waals surface area contributed by atoms with Crippen LogP contribution in [0.4, 0.5) is 0 Å². The Morgan fingerprint density at radius 1 is 1.20 bits per heavy atom. The first-order valence-electron chi connectivity index (χ1n) is 8.15. The van der Waals surface area contributed by atoms with Gasteiger partial charge < -0.3 is 10.1 Å². The number of nitrogens with one attached hydrogen (secondary N) is 1.